The summed E-state index contributed by atoms with van der Waals surface area (Å²) in [7, 11) is 0. The predicted molar refractivity (Wildman–Crippen MR) is 88.7 cm³/mol. The number of hydrogen-bond acceptors (Lipinski definition) is 3. The third kappa shape index (κ3) is 5.14. The van der Waals surface area contributed by atoms with Gasteiger partial charge in [-0.3, -0.25) is 4.79 Å². The predicted octanol–water partition coefficient (Wildman–Crippen LogP) is 4.42. The number of carbonyl (C=O) groups excluding carboxylic acids is 1. The zero-order valence-electron chi connectivity index (χ0n) is 11.1. The lowest BCUT2D eigenvalue weighted by molar-refractivity contribution is -0.113. The molecule has 0 spiro atoms. The minimum Gasteiger partial charge on any atom is -0.342 e. The van der Waals surface area contributed by atoms with Crippen LogP contribution in [0.1, 0.15) is 0 Å². The second kappa shape index (κ2) is 7.72. The molecule has 0 fully saturated rings. The van der Waals surface area contributed by atoms with Crippen LogP contribution in [-0.4, -0.2) is 10.6 Å². The van der Waals surface area contributed by atoms with Crippen LogP contribution in [0.5, 0.6) is 0 Å². The zero-order chi connectivity index (χ0) is 15.1. The fourth-order valence-electron chi connectivity index (χ4n) is 1.66. The maximum absolute atomic E-state index is 11.7. The summed E-state index contributed by atoms with van der Waals surface area (Å²) in [6.07, 6.45) is 1.35. The molecular weight excluding hydrogens is 307 g/mol. The van der Waals surface area contributed by atoms with Crippen molar-refractivity contribution in [3.63, 3.8) is 0 Å². The van der Waals surface area contributed by atoms with E-state index in [0.29, 0.717) is 5.82 Å². The van der Waals surface area contributed by atoms with Crippen LogP contribution < -0.4 is 10.6 Å². The van der Waals surface area contributed by atoms with Crippen LogP contribution in [0.25, 0.3) is 0 Å². The van der Waals surface area contributed by atoms with E-state index in [9.17, 15) is 4.79 Å². The number of allylic oxidation sites excluding steroid dienone is 1. The number of halogens is 2. The van der Waals surface area contributed by atoms with E-state index >= 15 is 0 Å². The third-order valence-electron chi connectivity index (χ3n) is 2.61. The quantitative estimate of drug-likeness (QED) is 0.611. The number of hydrogen-bond donors (Lipinski definition) is 2. The van der Waals surface area contributed by atoms with E-state index < -0.39 is 4.84 Å². The van der Waals surface area contributed by atoms with Gasteiger partial charge in [0.25, 0.3) is 0 Å². The highest BCUT2D eigenvalue weighted by Crippen LogP contribution is 2.14. The summed E-state index contributed by atoms with van der Waals surface area (Å²) in [5, 5.41) is 6.25. The molecule has 0 saturated heterocycles. The van der Waals surface area contributed by atoms with Gasteiger partial charge in [-0.25, -0.2) is 0 Å². The highest BCUT2D eigenvalue weighted by molar-refractivity contribution is 6.54. The van der Waals surface area contributed by atoms with Crippen molar-refractivity contribution < 1.29 is 4.79 Å². The largest absolute Gasteiger partial charge is 0.342 e. The van der Waals surface area contributed by atoms with E-state index in [1.165, 1.54) is 6.08 Å². The standard InChI is InChI=1S/C16H14Cl2N2O/c17-16(18)14(21)11-15(19-12-7-3-1-4-8-12)20-13-9-5-2-6-10-13/h1-11,16,19-20H. The van der Waals surface area contributed by atoms with E-state index in [0.717, 1.165) is 11.4 Å². The first kappa shape index (κ1) is 15.4. The molecule has 3 nitrogen and oxygen atoms in total. The first-order valence-electron chi connectivity index (χ1n) is 6.33. The van der Waals surface area contributed by atoms with Crippen LogP contribution in [-0.2, 0) is 4.79 Å². The van der Waals surface area contributed by atoms with Gasteiger partial charge in [0, 0.05) is 17.5 Å². The Labute approximate surface area is 133 Å². The lowest BCUT2D eigenvalue weighted by Gasteiger charge is -2.14. The fourth-order valence-corrected chi connectivity index (χ4v) is 1.79. The molecule has 108 valence electrons. The molecule has 0 aliphatic carbocycles. The molecule has 0 radical (unpaired) electrons. The van der Waals surface area contributed by atoms with Crippen LogP contribution in [0.2, 0.25) is 0 Å². The number of carbonyl (C=O) groups is 1. The van der Waals surface area contributed by atoms with Gasteiger partial charge >= 0.3 is 0 Å². The Balaban J connectivity index is 2.20. The Morgan fingerprint density at radius 2 is 1.29 bits per heavy atom. The smallest absolute Gasteiger partial charge is 0.192 e. The minimum atomic E-state index is -1.09. The van der Waals surface area contributed by atoms with Gasteiger partial charge in [0.05, 0.1) is 0 Å². The van der Waals surface area contributed by atoms with E-state index in [1.54, 1.807) is 0 Å². The summed E-state index contributed by atoms with van der Waals surface area (Å²) in [5.41, 5.74) is 1.70. The summed E-state index contributed by atoms with van der Waals surface area (Å²) in [5.74, 6) is 0.115. The summed E-state index contributed by atoms with van der Waals surface area (Å²) in [4.78, 5) is 10.6. The molecule has 5 heteroatoms. The Bertz CT molecular complexity index is 569. The van der Waals surface area contributed by atoms with Crippen LogP contribution in [0, 0.1) is 0 Å². The fraction of sp³-hybridized carbons (Fsp3) is 0.0625. The highest BCUT2D eigenvalue weighted by Gasteiger charge is 2.10. The minimum absolute atomic E-state index is 0.389. The number of anilines is 2. The van der Waals surface area contributed by atoms with Crippen LogP contribution in [0.3, 0.4) is 0 Å². The lowest BCUT2D eigenvalue weighted by Crippen LogP contribution is -2.14. The Kier molecular flexibility index (Phi) is 5.67. The maximum atomic E-state index is 11.7. The molecule has 0 aromatic heterocycles. The number of para-hydroxylation sites is 2. The van der Waals surface area contributed by atoms with Gasteiger partial charge in [-0.2, -0.15) is 0 Å². The molecule has 21 heavy (non-hydrogen) atoms. The van der Waals surface area contributed by atoms with Gasteiger partial charge in [-0.05, 0) is 24.3 Å². The SMILES string of the molecule is O=C(C=C(Nc1ccccc1)Nc1ccccc1)C(Cl)Cl. The van der Waals surface area contributed by atoms with E-state index in [4.69, 9.17) is 23.2 Å². The summed E-state index contributed by atoms with van der Waals surface area (Å²) in [6, 6.07) is 19.0. The van der Waals surface area contributed by atoms with Gasteiger partial charge in [0.2, 0.25) is 0 Å². The monoisotopic (exact) mass is 320 g/mol. The topological polar surface area (TPSA) is 41.1 Å². The first-order valence-corrected chi connectivity index (χ1v) is 7.20. The lowest BCUT2D eigenvalue weighted by atomic mass is 10.3. The molecule has 2 aromatic carbocycles. The second-order valence-corrected chi connectivity index (χ2v) is 5.34. The molecule has 2 rings (SSSR count). The van der Waals surface area contributed by atoms with Gasteiger partial charge in [-0.15, -0.1) is 0 Å². The summed E-state index contributed by atoms with van der Waals surface area (Å²) < 4.78 is 0. The number of ketones is 1. The molecule has 0 heterocycles. The van der Waals surface area contributed by atoms with Gasteiger partial charge in [-0.1, -0.05) is 59.6 Å². The van der Waals surface area contributed by atoms with Crippen molar-refractivity contribution in [3.05, 3.63) is 72.6 Å². The van der Waals surface area contributed by atoms with E-state index in [-0.39, 0.29) is 5.78 Å². The van der Waals surface area contributed by atoms with Crippen molar-refractivity contribution in [2.24, 2.45) is 0 Å². The molecule has 0 amide bonds. The average Bonchev–Trinajstić information content (AvgIpc) is 2.49. The van der Waals surface area contributed by atoms with Gasteiger partial charge in [0.15, 0.2) is 10.6 Å². The first-order chi connectivity index (χ1) is 10.1. The molecule has 2 N–H and O–H groups in total. The normalized spacial score (nSPS) is 10.0. The van der Waals surface area contributed by atoms with Crippen LogP contribution in [0.15, 0.2) is 72.6 Å². The third-order valence-corrected chi connectivity index (χ3v) is 3.04. The molecule has 0 aliphatic heterocycles. The maximum Gasteiger partial charge on any atom is 0.192 e. The average molecular weight is 321 g/mol. The number of alkyl halides is 2. The molecule has 0 atom stereocenters. The van der Waals surface area contributed by atoms with Crippen molar-refractivity contribution in [1.82, 2.24) is 0 Å². The van der Waals surface area contributed by atoms with Crippen LogP contribution in [0.4, 0.5) is 11.4 Å². The molecule has 0 aliphatic rings. The summed E-state index contributed by atoms with van der Waals surface area (Å²) >= 11 is 11.2. The second-order valence-electron chi connectivity index (χ2n) is 4.24. The Morgan fingerprint density at radius 1 is 0.857 bits per heavy atom. The zero-order valence-corrected chi connectivity index (χ0v) is 12.6. The van der Waals surface area contributed by atoms with E-state index in [1.807, 2.05) is 60.7 Å². The van der Waals surface area contributed by atoms with Gasteiger partial charge in [0.1, 0.15) is 5.82 Å². The Morgan fingerprint density at radius 3 is 1.67 bits per heavy atom. The highest BCUT2D eigenvalue weighted by atomic mass is 35.5. The van der Waals surface area contributed by atoms with Crippen molar-refractivity contribution in [2.45, 2.75) is 4.84 Å². The summed E-state index contributed by atoms with van der Waals surface area (Å²) in [6.45, 7) is 0. The molecule has 0 unspecified atom stereocenters. The number of nitrogens with one attached hydrogen (secondary N) is 2. The van der Waals surface area contributed by atoms with Crippen molar-refractivity contribution >= 4 is 40.4 Å². The molecular formula is C16H14Cl2N2O. The van der Waals surface area contributed by atoms with Gasteiger partial charge < -0.3 is 10.6 Å². The molecule has 0 saturated carbocycles. The van der Waals surface area contributed by atoms with Crippen molar-refractivity contribution in [2.75, 3.05) is 10.6 Å². The van der Waals surface area contributed by atoms with Crippen molar-refractivity contribution in [3.8, 4) is 0 Å². The van der Waals surface area contributed by atoms with Crippen molar-refractivity contribution in [1.29, 1.82) is 0 Å². The number of benzene rings is 2. The molecule has 0 bridgehead atoms. The molecule has 2 aromatic rings. The Hall–Kier alpha value is -1.97. The number of rotatable bonds is 6. The van der Waals surface area contributed by atoms with Crippen LogP contribution >= 0.6 is 23.2 Å². The van der Waals surface area contributed by atoms with E-state index in [2.05, 4.69) is 10.6 Å².